The number of aromatic nitrogens is 2. The molecule has 0 N–H and O–H groups in total. The van der Waals surface area contributed by atoms with Crippen molar-refractivity contribution in [2.24, 2.45) is 7.05 Å². The molecule has 1 aromatic rings. The lowest BCUT2D eigenvalue weighted by atomic mass is 10.3. The van der Waals surface area contributed by atoms with Gasteiger partial charge in [0.15, 0.2) is 5.69 Å². The van der Waals surface area contributed by atoms with Gasteiger partial charge < -0.3 is 4.90 Å². The van der Waals surface area contributed by atoms with E-state index in [-0.39, 0.29) is 18.7 Å². The quantitative estimate of drug-likeness (QED) is 0.790. The number of nitrogens with zero attached hydrogens (tertiary/aromatic N) is 3. The minimum absolute atomic E-state index is 0.0782. The van der Waals surface area contributed by atoms with E-state index in [0.29, 0.717) is 4.47 Å². The van der Waals surface area contributed by atoms with Crippen LogP contribution in [0.4, 0.5) is 8.78 Å². The largest absolute Gasteiger partial charge is 0.331 e. The molecule has 0 unspecified atom stereocenters. The third-order valence-corrected chi connectivity index (χ3v) is 3.02. The number of carbonyl (C=O) groups is 1. The van der Waals surface area contributed by atoms with Crippen LogP contribution in [-0.4, -0.2) is 39.6 Å². The van der Waals surface area contributed by atoms with Crippen LogP contribution in [0, 0.1) is 0 Å². The van der Waals surface area contributed by atoms with E-state index in [0.717, 1.165) is 4.90 Å². The number of aryl methyl sites for hydroxylation is 1. The standard InChI is InChI=1S/C9H10BrF2N3O/c1-14-4-6(10)7(13-14)8(16)15-3-2-9(11,12)5-15/h4H,2-3,5H2,1H3. The number of halogens is 3. The Morgan fingerprint density at radius 1 is 1.62 bits per heavy atom. The number of hydrogen-bond donors (Lipinski definition) is 0. The molecule has 0 aromatic carbocycles. The van der Waals surface area contributed by atoms with Gasteiger partial charge in [-0.3, -0.25) is 9.48 Å². The first-order chi connectivity index (χ1) is 7.39. The molecule has 1 saturated heterocycles. The lowest BCUT2D eigenvalue weighted by Crippen LogP contribution is -2.31. The summed E-state index contributed by atoms with van der Waals surface area (Å²) < 4.78 is 27.9. The second-order valence-electron chi connectivity index (χ2n) is 3.83. The van der Waals surface area contributed by atoms with Crippen molar-refractivity contribution >= 4 is 21.8 Å². The van der Waals surface area contributed by atoms with Gasteiger partial charge in [0.2, 0.25) is 0 Å². The van der Waals surface area contributed by atoms with Crippen molar-refractivity contribution in [1.29, 1.82) is 0 Å². The first kappa shape index (κ1) is 11.5. The topological polar surface area (TPSA) is 38.1 Å². The first-order valence-corrected chi connectivity index (χ1v) is 5.54. The van der Waals surface area contributed by atoms with Crippen molar-refractivity contribution in [3.05, 3.63) is 16.4 Å². The summed E-state index contributed by atoms with van der Waals surface area (Å²) in [5.74, 6) is -3.22. The minimum Gasteiger partial charge on any atom is -0.331 e. The predicted molar refractivity (Wildman–Crippen MR) is 56.4 cm³/mol. The van der Waals surface area contributed by atoms with Gasteiger partial charge >= 0.3 is 0 Å². The highest BCUT2D eigenvalue weighted by molar-refractivity contribution is 9.10. The lowest BCUT2D eigenvalue weighted by Gasteiger charge is -2.14. The summed E-state index contributed by atoms with van der Waals surface area (Å²) >= 11 is 3.17. The van der Waals surface area contributed by atoms with Gasteiger partial charge in [-0.15, -0.1) is 0 Å². The van der Waals surface area contributed by atoms with Crippen LogP contribution in [0.2, 0.25) is 0 Å². The van der Waals surface area contributed by atoms with Crippen molar-refractivity contribution in [3.63, 3.8) is 0 Å². The fraction of sp³-hybridized carbons (Fsp3) is 0.556. The molecule has 88 valence electrons. The summed E-state index contributed by atoms with van der Waals surface area (Å²) in [4.78, 5) is 13.0. The molecule has 1 aliphatic heterocycles. The molecule has 0 saturated carbocycles. The van der Waals surface area contributed by atoms with E-state index in [4.69, 9.17) is 0 Å². The zero-order chi connectivity index (χ0) is 11.9. The Bertz CT molecular complexity index is 432. The van der Waals surface area contributed by atoms with Gasteiger partial charge in [-0.1, -0.05) is 0 Å². The zero-order valence-electron chi connectivity index (χ0n) is 8.58. The highest BCUT2D eigenvalue weighted by Crippen LogP contribution is 2.28. The maximum absolute atomic E-state index is 12.9. The second-order valence-corrected chi connectivity index (χ2v) is 4.69. The second kappa shape index (κ2) is 3.80. The van der Waals surface area contributed by atoms with Crippen molar-refractivity contribution < 1.29 is 13.6 Å². The molecule has 4 nitrogen and oxygen atoms in total. The molecule has 1 fully saturated rings. The fourth-order valence-corrected chi connectivity index (χ4v) is 2.21. The molecule has 1 aromatic heterocycles. The van der Waals surface area contributed by atoms with Crippen LogP contribution in [0.15, 0.2) is 10.7 Å². The molecule has 7 heteroatoms. The molecule has 1 amide bonds. The Morgan fingerprint density at radius 3 is 2.75 bits per heavy atom. The Balaban J connectivity index is 2.18. The Labute approximate surface area is 99.3 Å². The summed E-state index contributed by atoms with van der Waals surface area (Å²) in [5, 5.41) is 3.94. The van der Waals surface area contributed by atoms with Gasteiger partial charge in [0.05, 0.1) is 11.0 Å². The summed E-state index contributed by atoms with van der Waals surface area (Å²) in [6, 6.07) is 0. The first-order valence-electron chi connectivity index (χ1n) is 4.75. The maximum Gasteiger partial charge on any atom is 0.275 e. The van der Waals surface area contributed by atoms with Gasteiger partial charge in [0.25, 0.3) is 11.8 Å². The third-order valence-electron chi connectivity index (χ3n) is 2.44. The number of likely N-dealkylation sites (tertiary alicyclic amines) is 1. The monoisotopic (exact) mass is 293 g/mol. The minimum atomic E-state index is -2.77. The molecule has 16 heavy (non-hydrogen) atoms. The smallest absolute Gasteiger partial charge is 0.275 e. The van der Waals surface area contributed by atoms with Gasteiger partial charge in [-0.2, -0.15) is 5.10 Å². The number of alkyl halides is 2. The number of amides is 1. The Hall–Kier alpha value is -0.980. The normalized spacial score (nSPS) is 19.1. The van der Waals surface area contributed by atoms with E-state index in [1.807, 2.05) is 0 Å². The summed E-state index contributed by atoms with van der Waals surface area (Å²) in [6.45, 7) is -0.441. The van der Waals surface area contributed by atoms with Crippen molar-refractivity contribution in [2.45, 2.75) is 12.3 Å². The van der Waals surface area contributed by atoms with Gasteiger partial charge in [0, 0.05) is 26.2 Å². The van der Waals surface area contributed by atoms with Crippen LogP contribution in [0.25, 0.3) is 0 Å². The van der Waals surface area contributed by atoms with Crippen LogP contribution in [0.5, 0.6) is 0 Å². The summed E-state index contributed by atoms with van der Waals surface area (Å²) in [5.41, 5.74) is 0.181. The van der Waals surface area contributed by atoms with E-state index < -0.39 is 18.4 Å². The maximum atomic E-state index is 12.9. The van der Waals surface area contributed by atoms with Crippen LogP contribution in [-0.2, 0) is 7.05 Å². The molecular formula is C9H10BrF2N3O. The van der Waals surface area contributed by atoms with E-state index in [1.54, 1.807) is 13.2 Å². The lowest BCUT2D eigenvalue weighted by molar-refractivity contribution is 0.0119. The number of rotatable bonds is 1. The fourth-order valence-electron chi connectivity index (χ4n) is 1.66. The highest BCUT2D eigenvalue weighted by atomic mass is 79.9. The molecule has 2 rings (SSSR count). The van der Waals surface area contributed by atoms with Crippen molar-refractivity contribution in [1.82, 2.24) is 14.7 Å². The van der Waals surface area contributed by atoms with Gasteiger partial charge in [-0.25, -0.2) is 8.78 Å². The molecule has 1 aliphatic rings. The number of carbonyl (C=O) groups excluding carboxylic acids is 1. The van der Waals surface area contributed by atoms with Crippen LogP contribution in [0.3, 0.4) is 0 Å². The van der Waals surface area contributed by atoms with E-state index in [1.165, 1.54) is 4.68 Å². The highest BCUT2D eigenvalue weighted by Gasteiger charge is 2.41. The Morgan fingerprint density at radius 2 is 2.31 bits per heavy atom. The van der Waals surface area contributed by atoms with Crippen LogP contribution < -0.4 is 0 Å². The molecule has 0 spiro atoms. The SMILES string of the molecule is Cn1cc(Br)c(C(=O)N2CCC(F)(F)C2)n1. The average molecular weight is 294 g/mol. The molecule has 0 bridgehead atoms. The molecule has 0 atom stereocenters. The van der Waals surface area contributed by atoms with Gasteiger partial charge in [-0.05, 0) is 15.9 Å². The summed E-state index contributed by atoms with van der Waals surface area (Å²) in [6.07, 6.45) is 1.34. The van der Waals surface area contributed by atoms with Gasteiger partial charge in [0.1, 0.15) is 0 Å². The van der Waals surface area contributed by atoms with E-state index in [9.17, 15) is 13.6 Å². The van der Waals surface area contributed by atoms with E-state index in [2.05, 4.69) is 21.0 Å². The third kappa shape index (κ3) is 2.09. The average Bonchev–Trinajstić information content (AvgIpc) is 2.68. The predicted octanol–water partition coefficient (Wildman–Crippen LogP) is 1.66. The van der Waals surface area contributed by atoms with E-state index >= 15 is 0 Å². The van der Waals surface area contributed by atoms with Crippen LogP contribution >= 0.6 is 15.9 Å². The molecule has 0 aliphatic carbocycles. The molecule has 2 heterocycles. The summed E-state index contributed by atoms with van der Waals surface area (Å²) in [7, 11) is 1.67. The molecule has 0 radical (unpaired) electrons. The molecular weight excluding hydrogens is 284 g/mol. The zero-order valence-corrected chi connectivity index (χ0v) is 10.2. The van der Waals surface area contributed by atoms with Crippen molar-refractivity contribution in [3.8, 4) is 0 Å². The van der Waals surface area contributed by atoms with Crippen molar-refractivity contribution in [2.75, 3.05) is 13.1 Å². The Kier molecular flexibility index (Phi) is 2.73. The van der Waals surface area contributed by atoms with Crippen LogP contribution in [0.1, 0.15) is 16.9 Å². The number of hydrogen-bond acceptors (Lipinski definition) is 2.